The van der Waals surface area contributed by atoms with Crippen molar-refractivity contribution >= 4 is 21.9 Å². The van der Waals surface area contributed by atoms with Gasteiger partial charge in [-0.05, 0) is 37.7 Å². The Balaban J connectivity index is 1.49. The fourth-order valence-corrected chi connectivity index (χ4v) is 4.26. The molecule has 3 aromatic heterocycles. The molecular formula is C21H21F3N4O2. The summed E-state index contributed by atoms with van der Waals surface area (Å²) in [7, 11) is 0. The molecule has 1 saturated carbocycles. The van der Waals surface area contributed by atoms with Crippen molar-refractivity contribution in [3.05, 3.63) is 40.9 Å². The van der Waals surface area contributed by atoms with Crippen LogP contribution in [-0.4, -0.2) is 33.4 Å². The smallest absolute Gasteiger partial charge is 0.367 e. The van der Waals surface area contributed by atoms with E-state index in [1.807, 2.05) is 6.07 Å². The maximum atomic E-state index is 12.9. The van der Waals surface area contributed by atoms with Crippen molar-refractivity contribution < 1.29 is 17.9 Å². The number of nitrogens with one attached hydrogen (secondary N) is 1. The third kappa shape index (κ3) is 3.92. The Labute approximate surface area is 170 Å². The number of ether oxygens (including phenoxy) is 1. The average Bonchev–Trinajstić information content (AvgIpc) is 3.20. The summed E-state index contributed by atoms with van der Waals surface area (Å²) in [6, 6.07) is 5.11. The summed E-state index contributed by atoms with van der Waals surface area (Å²) < 4.78 is 45.9. The van der Waals surface area contributed by atoms with Crippen molar-refractivity contribution in [2.24, 2.45) is 5.92 Å². The molecule has 1 unspecified atom stereocenters. The van der Waals surface area contributed by atoms with E-state index in [0.717, 1.165) is 36.6 Å². The Bertz CT molecular complexity index is 1140. The number of nitrogens with zero attached hydrogens (tertiary/aromatic N) is 3. The molecule has 30 heavy (non-hydrogen) atoms. The van der Waals surface area contributed by atoms with Crippen molar-refractivity contribution in [3.63, 3.8) is 0 Å². The van der Waals surface area contributed by atoms with Gasteiger partial charge in [0.15, 0.2) is 11.5 Å². The van der Waals surface area contributed by atoms with Crippen LogP contribution in [0.25, 0.3) is 21.9 Å². The topological polar surface area (TPSA) is 83.7 Å². The molecule has 0 aromatic carbocycles. The van der Waals surface area contributed by atoms with E-state index in [2.05, 4.69) is 14.5 Å². The molecule has 0 spiro atoms. The fourth-order valence-electron chi connectivity index (χ4n) is 4.26. The van der Waals surface area contributed by atoms with Gasteiger partial charge in [-0.2, -0.15) is 18.4 Å². The number of hydrogen-bond acceptors (Lipinski definition) is 4. The van der Waals surface area contributed by atoms with Crippen molar-refractivity contribution in [3.8, 4) is 6.07 Å². The second kappa shape index (κ2) is 8.11. The summed E-state index contributed by atoms with van der Waals surface area (Å²) in [5.41, 5.74) is 1.45. The quantitative estimate of drug-likeness (QED) is 0.663. The molecule has 0 aliphatic heterocycles. The van der Waals surface area contributed by atoms with E-state index in [4.69, 9.17) is 10.00 Å². The van der Waals surface area contributed by atoms with Crippen LogP contribution in [-0.2, 0) is 4.74 Å². The van der Waals surface area contributed by atoms with E-state index in [1.165, 1.54) is 6.07 Å². The zero-order valence-corrected chi connectivity index (χ0v) is 16.2. The first-order chi connectivity index (χ1) is 14.4. The molecule has 1 atom stereocenters. The minimum absolute atomic E-state index is 0.00450. The molecule has 0 radical (unpaired) electrons. The predicted molar refractivity (Wildman–Crippen MR) is 105 cm³/mol. The van der Waals surface area contributed by atoms with Gasteiger partial charge in [-0.1, -0.05) is 0 Å². The summed E-state index contributed by atoms with van der Waals surface area (Å²) >= 11 is 0. The number of pyridine rings is 2. The Morgan fingerprint density at radius 2 is 2.03 bits per heavy atom. The standard InChI is InChI=1S/C21H21F3N4O2/c22-21(23,24)18(5-8-25)30-12-13-1-3-14(4-2-13)28-10-7-17(29)16-11-27-20-15(19(16)28)6-9-26-20/h6-7,9-11,13-14,18H,1-5,12H2,(H,26,27). The van der Waals surface area contributed by atoms with Crippen LogP contribution in [0.3, 0.4) is 0 Å². The minimum atomic E-state index is -4.53. The van der Waals surface area contributed by atoms with Crippen LogP contribution < -0.4 is 5.43 Å². The predicted octanol–water partition coefficient (Wildman–Crippen LogP) is 4.47. The molecular weight excluding hydrogens is 397 g/mol. The number of fused-ring (bicyclic) bond motifs is 3. The van der Waals surface area contributed by atoms with Crippen LogP contribution in [0.2, 0.25) is 0 Å². The maximum Gasteiger partial charge on any atom is 0.415 e. The van der Waals surface area contributed by atoms with Crippen molar-refractivity contribution in [1.82, 2.24) is 14.5 Å². The molecule has 9 heteroatoms. The molecule has 0 amide bonds. The van der Waals surface area contributed by atoms with E-state index in [-0.39, 0.29) is 24.0 Å². The van der Waals surface area contributed by atoms with Gasteiger partial charge in [-0.3, -0.25) is 4.79 Å². The van der Waals surface area contributed by atoms with Crippen molar-refractivity contribution in [2.45, 2.75) is 50.4 Å². The first-order valence-corrected chi connectivity index (χ1v) is 9.90. The lowest BCUT2D eigenvalue weighted by molar-refractivity contribution is -0.222. The number of aromatic amines is 1. The van der Waals surface area contributed by atoms with Crippen LogP contribution >= 0.6 is 0 Å². The summed E-state index contributed by atoms with van der Waals surface area (Å²) in [5, 5.41) is 10.0. The van der Waals surface area contributed by atoms with Crippen LogP contribution in [0.15, 0.2) is 35.5 Å². The number of hydrogen-bond donors (Lipinski definition) is 1. The molecule has 0 bridgehead atoms. The third-order valence-corrected chi connectivity index (χ3v) is 5.85. The fraction of sp³-hybridized carbons (Fsp3) is 0.476. The molecule has 6 nitrogen and oxygen atoms in total. The van der Waals surface area contributed by atoms with Crippen molar-refractivity contribution in [2.75, 3.05) is 6.61 Å². The lowest BCUT2D eigenvalue weighted by Crippen LogP contribution is -2.33. The monoisotopic (exact) mass is 418 g/mol. The van der Waals surface area contributed by atoms with Gasteiger partial charge in [0.25, 0.3) is 0 Å². The Morgan fingerprint density at radius 1 is 1.27 bits per heavy atom. The van der Waals surface area contributed by atoms with Gasteiger partial charge in [-0.25, -0.2) is 4.98 Å². The largest absolute Gasteiger partial charge is 0.415 e. The van der Waals surface area contributed by atoms with E-state index in [9.17, 15) is 18.0 Å². The molecule has 3 heterocycles. The van der Waals surface area contributed by atoms with Crippen LogP contribution in [0.1, 0.15) is 38.1 Å². The summed E-state index contributed by atoms with van der Waals surface area (Å²) in [6.07, 6.45) is 0.895. The number of H-pyrrole nitrogens is 1. The molecule has 3 aromatic rings. The summed E-state index contributed by atoms with van der Waals surface area (Å²) in [5.74, 6) is 0.0179. The van der Waals surface area contributed by atoms with Crippen LogP contribution in [0.4, 0.5) is 13.2 Å². The Hall–Kier alpha value is -2.86. The second-order valence-electron chi connectivity index (χ2n) is 7.75. The molecule has 1 fully saturated rings. The van der Waals surface area contributed by atoms with Gasteiger partial charge in [0.1, 0.15) is 5.65 Å². The highest BCUT2D eigenvalue weighted by Gasteiger charge is 2.41. The van der Waals surface area contributed by atoms with E-state index in [0.29, 0.717) is 11.0 Å². The third-order valence-electron chi connectivity index (χ3n) is 5.85. The molecule has 4 rings (SSSR count). The van der Waals surface area contributed by atoms with Gasteiger partial charge < -0.3 is 14.3 Å². The minimum Gasteiger partial charge on any atom is -0.367 e. The van der Waals surface area contributed by atoms with E-state index in [1.54, 1.807) is 24.7 Å². The molecule has 1 N–H and O–H groups in total. The number of aromatic nitrogens is 3. The SMILES string of the molecule is N#CCC(OCC1CCC(n2ccc(=O)c3cnc4[nH]ccc4c32)CC1)C(F)(F)F. The van der Waals surface area contributed by atoms with Crippen LogP contribution in [0.5, 0.6) is 0 Å². The van der Waals surface area contributed by atoms with E-state index >= 15 is 0 Å². The first kappa shape index (κ1) is 20.4. The Morgan fingerprint density at radius 3 is 2.73 bits per heavy atom. The van der Waals surface area contributed by atoms with Gasteiger partial charge >= 0.3 is 6.18 Å². The van der Waals surface area contributed by atoms with Gasteiger partial charge in [0.05, 0.1) is 30.0 Å². The Kier molecular flexibility index (Phi) is 5.52. The van der Waals surface area contributed by atoms with Crippen molar-refractivity contribution in [1.29, 1.82) is 5.26 Å². The molecule has 158 valence electrons. The summed E-state index contributed by atoms with van der Waals surface area (Å²) in [6.45, 7) is -0.00450. The highest BCUT2D eigenvalue weighted by molar-refractivity contribution is 6.02. The van der Waals surface area contributed by atoms with Gasteiger partial charge in [-0.15, -0.1) is 0 Å². The number of halogens is 3. The zero-order chi connectivity index (χ0) is 21.3. The summed E-state index contributed by atoms with van der Waals surface area (Å²) in [4.78, 5) is 19.7. The lowest BCUT2D eigenvalue weighted by atomic mass is 9.86. The molecule has 1 aliphatic carbocycles. The highest BCUT2D eigenvalue weighted by Crippen LogP contribution is 2.36. The number of alkyl halides is 3. The highest BCUT2D eigenvalue weighted by atomic mass is 19.4. The molecule has 1 aliphatic rings. The number of nitriles is 1. The van der Waals surface area contributed by atoms with Gasteiger partial charge in [0.2, 0.25) is 0 Å². The second-order valence-corrected chi connectivity index (χ2v) is 7.75. The first-order valence-electron chi connectivity index (χ1n) is 9.90. The lowest BCUT2D eigenvalue weighted by Gasteiger charge is -2.32. The molecule has 0 saturated heterocycles. The van der Waals surface area contributed by atoms with Gasteiger partial charge in [0, 0.05) is 36.1 Å². The normalized spacial score (nSPS) is 21.0. The average molecular weight is 418 g/mol. The number of rotatable bonds is 5. The maximum absolute atomic E-state index is 12.9. The van der Waals surface area contributed by atoms with Crippen LogP contribution in [0, 0.1) is 17.2 Å². The van der Waals surface area contributed by atoms with E-state index < -0.39 is 18.7 Å². The zero-order valence-electron chi connectivity index (χ0n) is 16.2.